The molecule has 0 radical (unpaired) electrons. The Morgan fingerprint density at radius 2 is 2.42 bits per heavy atom. The van der Waals surface area contributed by atoms with E-state index in [1.54, 1.807) is 10.5 Å². The number of hydrogen-bond donors (Lipinski definition) is 0. The van der Waals surface area contributed by atoms with Gasteiger partial charge in [-0.3, -0.25) is 0 Å². The van der Waals surface area contributed by atoms with E-state index >= 15 is 0 Å². The highest BCUT2D eigenvalue weighted by Gasteiger charge is 1.98. The van der Waals surface area contributed by atoms with Crippen molar-refractivity contribution in [2.24, 2.45) is 0 Å². The predicted molar refractivity (Wildman–Crippen MR) is 46.7 cm³/mol. The summed E-state index contributed by atoms with van der Waals surface area (Å²) in [5, 5.41) is 8.57. The van der Waals surface area contributed by atoms with Gasteiger partial charge in [-0.1, -0.05) is 6.07 Å². The third-order valence-electron chi connectivity index (χ3n) is 1.84. The van der Waals surface area contributed by atoms with Crippen LogP contribution in [0, 0.1) is 11.3 Å². The zero-order valence-electron chi connectivity index (χ0n) is 7.49. The Labute approximate surface area is 72.1 Å². The van der Waals surface area contributed by atoms with Crippen LogP contribution >= 0.6 is 0 Å². The molecule has 0 atom stereocenters. The number of nitrogens with zero attached hydrogens (tertiary/aromatic N) is 2. The first-order chi connectivity index (χ1) is 6.33. The molecular formula is C10H8N2. The largest absolute Gasteiger partial charge is 0.324 e. The lowest BCUT2D eigenvalue weighted by atomic mass is 10.2. The SMILES string of the molecule is [2H]c1cc(CC#N)c2ccccn12. The fraction of sp³-hybridized carbons (Fsp3) is 0.100. The fourth-order valence-electron chi connectivity index (χ4n) is 1.27. The standard InChI is InChI=1S/C10H8N2/c11-6-4-9-5-8-12-7-2-1-3-10(9)12/h1-3,5,7-8H,4H2/i8D. The predicted octanol–water partition coefficient (Wildman–Crippen LogP) is 2.01. The van der Waals surface area contributed by atoms with E-state index in [0.29, 0.717) is 12.6 Å². The minimum absolute atomic E-state index is 0.367. The molecule has 0 fully saturated rings. The minimum Gasteiger partial charge on any atom is -0.324 e. The number of rotatable bonds is 1. The lowest BCUT2D eigenvalue weighted by Gasteiger charge is -1.93. The molecule has 2 rings (SSSR count). The van der Waals surface area contributed by atoms with Crippen molar-refractivity contribution in [3.8, 4) is 6.07 Å². The smallest absolute Gasteiger partial charge is 0.0822 e. The first kappa shape index (κ1) is 5.84. The number of hydrogen-bond acceptors (Lipinski definition) is 1. The van der Waals surface area contributed by atoms with Gasteiger partial charge in [-0.2, -0.15) is 5.26 Å². The highest BCUT2D eigenvalue weighted by atomic mass is 14.8. The maximum atomic E-state index is 8.57. The summed E-state index contributed by atoms with van der Waals surface area (Å²) in [6, 6.07) is 9.54. The highest BCUT2D eigenvalue weighted by molar-refractivity contribution is 5.56. The van der Waals surface area contributed by atoms with Crippen molar-refractivity contribution in [2.75, 3.05) is 0 Å². The molecule has 0 unspecified atom stereocenters. The van der Waals surface area contributed by atoms with E-state index in [9.17, 15) is 0 Å². The molecule has 0 amide bonds. The molecule has 0 spiro atoms. The Bertz CT molecular complexity index is 479. The van der Waals surface area contributed by atoms with Crippen molar-refractivity contribution in [1.82, 2.24) is 4.40 Å². The van der Waals surface area contributed by atoms with Gasteiger partial charge in [0.15, 0.2) is 0 Å². The summed E-state index contributed by atoms with van der Waals surface area (Å²) in [5.74, 6) is 0. The average Bonchev–Trinajstić information content (AvgIpc) is 2.46. The summed E-state index contributed by atoms with van der Waals surface area (Å²) in [6.45, 7) is 0. The Kier molecular flexibility index (Phi) is 1.32. The van der Waals surface area contributed by atoms with Crippen molar-refractivity contribution in [2.45, 2.75) is 6.42 Å². The summed E-state index contributed by atoms with van der Waals surface area (Å²) in [4.78, 5) is 0. The molecule has 58 valence electrons. The number of nitriles is 1. The molecule has 0 bridgehead atoms. The van der Waals surface area contributed by atoms with Gasteiger partial charge >= 0.3 is 0 Å². The van der Waals surface area contributed by atoms with Crippen LogP contribution in [0.1, 0.15) is 6.93 Å². The molecule has 2 heterocycles. The first-order valence-corrected chi connectivity index (χ1v) is 3.75. The van der Waals surface area contributed by atoms with E-state index in [1.807, 2.05) is 24.4 Å². The third-order valence-corrected chi connectivity index (χ3v) is 1.84. The quantitative estimate of drug-likeness (QED) is 0.622. The van der Waals surface area contributed by atoms with Gasteiger partial charge in [0.05, 0.1) is 13.9 Å². The third kappa shape index (κ3) is 0.960. The van der Waals surface area contributed by atoms with Crippen LogP contribution in [0.3, 0.4) is 0 Å². The van der Waals surface area contributed by atoms with Gasteiger partial charge in [-0.05, 0) is 23.8 Å². The second-order valence-electron chi connectivity index (χ2n) is 2.59. The van der Waals surface area contributed by atoms with E-state index in [0.717, 1.165) is 11.1 Å². The van der Waals surface area contributed by atoms with Crippen molar-refractivity contribution in [1.29, 1.82) is 5.26 Å². The van der Waals surface area contributed by atoms with E-state index in [-0.39, 0.29) is 0 Å². The molecule has 0 saturated heterocycles. The van der Waals surface area contributed by atoms with Crippen LogP contribution in [0.15, 0.2) is 36.6 Å². The molecule has 2 heteroatoms. The monoisotopic (exact) mass is 157 g/mol. The zero-order chi connectivity index (χ0) is 9.26. The van der Waals surface area contributed by atoms with Gasteiger partial charge in [-0.25, -0.2) is 0 Å². The van der Waals surface area contributed by atoms with Crippen LogP contribution in [-0.4, -0.2) is 4.40 Å². The van der Waals surface area contributed by atoms with Crippen LogP contribution < -0.4 is 0 Å². The van der Waals surface area contributed by atoms with Gasteiger partial charge in [0.1, 0.15) is 0 Å². The summed E-state index contributed by atoms with van der Waals surface area (Å²) < 4.78 is 9.39. The van der Waals surface area contributed by atoms with Crippen molar-refractivity contribution < 1.29 is 1.37 Å². The summed E-state index contributed by atoms with van der Waals surface area (Å²) in [7, 11) is 0. The Balaban J connectivity index is 2.72. The van der Waals surface area contributed by atoms with Crippen molar-refractivity contribution in [3.63, 3.8) is 0 Å². The molecule has 2 aromatic heterocycles. The van der Waals surface area contributed by atoms with E-state index in [2.05, 4.69) is 6.07 Å². The Morgan fingerprint density at radius 3 is 3.25 bits per heavy atom. The second-order valence-corrected chi connectivity index (χ2v) is 2.59. The molecule has 2 nitrogen and oxygen atoms in total. The van der Waals surface area contributed by atoms with E-state index in [1.165, 1.54) is 0 Å². The average molecular weight is 157 g/mol. The molecule has 0 aliphatic carbocycles. The topological polar surface area (TPSA) is 28.2 Å². The first-order valence-electron chi connectivity index (χ1n) is 4.25. The zero-order valence-corrected chi connectivity index (χ0v) is 6.49. The number of aromatic nitrogens is 1. The molecule has 12 heavy (non-hydrogen) atoms. The molecular weight excluding hydrogens is 148 g/mol. The molecule has 0 aromatic carbocycles. The summed E-state index contributed by atoms with van der Waals surface area (Å²) >= 11 is 0. The Morgan fingerprint density at radius 1 is 1.50 bits per heavy atom. The fourth-order valence-corrected chi connectivity index (χ4v) is 1.27. The van der Waals surface area contributed by atoms with Crippen molar-refractivity contribution in [3.05, 3.63) is 42.2 Å². The van der Waals surface area contributed by atoms with Gasteiger partial charge in [0.25, 0.3) is 0 Å². The second kappa shape index (κ2) is 2.71. The van der Waals surface area contributed by atoms with Gasteiger partial charge in [0.2, 0.25) is 0 Å². The normalized spacial score (nSPS) is 11.1. The minimum atomic E-state index is 0.367. The van der Waals surface area contributed by atoms with Gasteiger partial charge < -0.3 is 4.40 Å². The lowest BCUT2D eigenvalue weighted by molar-refractivity contribution is 1.19. The van der Waals surface area contributed by atoms with Crippen LogP contribution in [0.25, 0.3) is 5.52 Å². The summed E-state index contributed by atoms with van der Waals surface area (Å²) in [5.41, 5.74) is 1.88. The molecule has 0 saturated carbocycles. The van der Waals surface area contributed by atoms with Crippen LogP contribution in [0.2, 0.25) is 0 Å². The maximum Gasteiger partial charge on any atom is 0.0822 e. The van der Waals surface area contributed by atoms with Crippen LogP contribution in [0.4, 0.5) is 0 Å². The lowest BCUT2D eigenvalue weighted by Crippen LogP contribution is -1.82. The highest BCUT2D eigenvalue weighted by Crippen LogP contribution is 2.11. The Hall–Kier alpha value is -1.75. The van der Waals surface area contributed by atoms with Crippen LogP contribution in [-0.2, 0) is 6.42 Å². The summed E-state index contributed by atoms with van der Waals surface area (Å²) in [6.07, 6.45) is 2.63. The number of fused-ring (bicyclic) bond motifs is 1. The molecule has 0 aliphatic rings. The van der Waals surface area contributed by atoms with E-state index < -0.39 is 0 Å². The number of pyridine rings is 1. The van der Waals surface area contributed by atoms with Gasteiger partial charge in [0, 0.05) is 17.9 Å². The molecule has 2 aromatic rings. The van der Waals surface area contributed by atoms with E-state index in [4.69, 9.17) is 6.63 Å². The van der Waals surface area contributed by atoms with Crippen LogP contribution in [0.5, 0.6) is 0 Å². The van der Waals surface area contributed by atoms with Gasteiger partial charge in [-0.15, -0.1) is 0 Å². The molecule has 0 aliphatic heterocycles. The van der Waals surface area contributed by atoms with Crippen molar-refractivity contribution >= 4 is 5.52 Å². The maximum absolute atomic E-state index is 8.57. The molecule has 0 N–H and O–H groups in total.